The van der Waals surface area contributed by atoms with E-state index >= 15 is 0 Å². The van der Waals surface area contributed by atoms with E-state index in [1.54, 1.807) is 28.7 Å². The van der Waals surface area contributed by atoms with Crippen LogP contribution in [0.25, 0.3) is 11.5 Å². The number of anilines is 1. The topological polar surface area (TPSA) is 85.8 Å². The van der Waals surface area contributed by atoms with Crippen molar-refractivity contribution in [3.05, 3.63) is 42.2 Å². The Morgan fingerprint density at radius 1 is 1.35 bits per heavy atom. The number of carbonyl (C=O) groups is 1. The Bertz CT molecular complexity index is 827. The molecular formula is C15H15N5O2S. The smallest absolute Gasteiger partial charge is 0.322 e. The van der Waals surface area contributed by atoms with Crippen LogP contribution < -0.4 is 5.32 Å². The van der Waals surface area contributed by atoms with Crippen molar-refractivity contribution in [2.75, 3.05) is 11.6 Å². The lowest BCUT2D eigenvalue weighted by Gasteiger charge is -1.99. The average Bonchev–Trinajstić information content (AvgIpc) is 3.24. The third-order valence-electron chi connectivity index (χ3n) is 3.16. The minimum absolute atomic E-state index is 0.0469. The van der Waals surface area contributed by atoms with E-state index in [1.165, 1.54) is 0 Å². The molecule has 1 N–H and O–H groups in total. The first-order chi connectivity index (χ1) is 11.2. The number of hydrogen-bond donors (Lipinski definition) is 1. The molecule has 8 heteroatoms. The second-order valence-electron chi connectivity index (χ2n) is 4.66. The molecule has 0 aliphatic heterocycles. The van der Waals surface area contributed by atoms with E-state index in [2.05, 4.69) is 20.6 Å². The summed E-state index contributed by atoms with van der Waals surface area (Å²) in [6, 6.07) is 9.43. The SMILES string of the molecule is CCn1ccc(C(=O)Nc2nnc(-c3cccc(SC)c3)o2)n1. The summed E-state index contributed by atoms with van der Waals surface area (Å²) in [7, 11) is 0. The minimum atomic E-state index is -0.384. The normalized spacial score (nSPS) is 10.7. The number of carbonyl (C=O) groups excluding carboxylic acids is 1. The lowest BCUT2D eigenvalue weighted by molar-refractivity contribution is 0.101. The number of nitrogens with one attached hydrogen (secondary N) is 1. The van der Waals surface area contributed by atoms with Crippen molar-refractivity contribution >= 4 is 23.7 Å². The molecule has 3 rings (SSSR count). The fraction of sp³-hybridized carbons (Fsp3) is 0.200. The summed E-state index contributed by atoms with van der Waals surface area (Å²) in [6.07, 6.45) is 3.73. The van der Waals surface area contributed by atoms with Gasteiger partial charge in [0.05, 0.1) is 0 Å². The zero-order chi connectivity index (χ0) is 16.2. The Kier molecular flexibility index (Phi) is 4.42. The number of rotatable bonds is 5. The Labute approximate surface area is 137 Å². The lowest BCUT2D eigenvalue weighted by Crippen LogP contribution is -2.13. The summed E-state index contributed by atoms with van der Waals surface area (Å²) in [5.41, 5.74) is 1.11. The summed E-state index contributed by atoms with van der Waals surface area (Å²) >= 11 is 1.63. The van der Waals surface area contributed by atoms with Crippen LogP contribution in [0.15, 0.2) is 45.8 Å². The third-order valence-corrected chi connectivity index (χ3v) is 3.88. The summed E-state index contributed by atoms with van der Waals surface area (Å²) in [5, 5.41) is 14.5. The molecule has 0 saturated carbocycles. The number of benzene rings is 1. The van der Waals surface area contributed by atoms with Gasteiger partial charge in [0.1, 0.15) is 0 Å². The highest BCUT2D eigenvalue weighted by Crippen LogP contribution is 2.24. The molecule has 7 nitrogen and oxygen atoms in total. The second kappa shape index (κ2) is 6.66. The zero-order valence-electron chi connectivity index (χ0n) is 12.7. The standard InChI is InChI=1S/C15H15N5O2S/c1-3-20-8-7-12(19-20)13(21)16-15-18-17-14(22-15)10-5-4-6-11(9-10)23-2/h4-9H,3H2,1-2H3,(H,16,18,21). The molecule has 3 aromatic rings. The molecule has 0 aliphatic rings. The molecule has 0 aliphatic carbocycles. The maximum atomic E-state index is 12.1. The van der Waals surface area contributed by atoms with Crippen molar-refractivity contribution < 1.29 is 9.21 Å². The van der Waals surface area contributed by atoms with E-state index in [0.29, 0.717) is 18.1 Å². The number of amides is 1. The molecule has 2 heterocycles. The molecule has 118 valence electrons. The second-order valence-corrected chi connectivity index (χ2v) is 5.53. The van der Waals surface area contributed by atoms with Gasteiger partial charge in [-0.05, 0) is 37.4 Å². The summed E-state index contributed by atoms with van der Waals surface area (Å²) in [6.45, 7) is 2.64. The van der Waals surface area contributed by atoms with E-state index < -0.39 is 0 Å². The van der Waals surface area contributed by atoms with Gasteiger partial charge in [-0.15, -0.1) is 16.9 Å². The number of nitrogens with zero attached hydrogens (tertiary/aromatic N) is 4. The molecule has 0 atom stereocenters. The van der Waals surface area contributed by atoms with Gasteiger partial charge >= 0.3 is 6.01 Å². The summed E-state index contributed by atoms with van der Waals surface area (Å²) in [4.78, 5) is 13.2. The predicted molar refractivity (Wildman–Crippen MR) is 87.4 cm³/mol. The highest BCUT2D eigenvalue weighted by molar-refractivity contribution is 7.98. The zero-order valence-corrected chi connectivity index (χ0v) is 13.5. The molecule has 2 aromatic heterocycles. The first-order valence-corrected chi connectivity index (χ1v) is 8.25. The molecule has 0 spiro atoms. The molecule has 1 amide bonds. The molecule has 0 fully saturated rings. The number of aryl methyl sites for hydroxylation is 1. The van der Waals surface area contributed by atoms with Gasteiger partial charge in [-0.25, -0.2) is 0 Å². The van der Waals surface area contributed by atoms with Gasteiger partial charge in [-0.1, -0.05) is 11.2 Å². The maximum Gasteiger partial charge on any atom is 0.322 e. The van der Waals surface area contributed by atoms with Crippen molar-refractivity contribution in [3.8, 4) is 11.5 Å². The van der Waals surface area contributed by atoms with E-state index in [0.717, 1.165) is 10.5 Å². The molecule has 0 bridgehead atoms. The van der Waals surface area contributed by atoms with Crippen LogP contribution in [0.1, 0.15) is 17.4 Å². The quantitative estimate of drug-likeness (QED) is 0.724. The van der Waals surface area contributed by atoms with Gasteiger partial charge in [-0.3, -0.25) is 14.8 Å². The Morgan fingerprint density at radius 3 is 2.96 bits per heavy atom. The van der Waals surface area contributed by atoms with Crippen LogP contribution in [0.3, 0.4) is 0 Å². The molecule has 0 saturated heterocycles. The van der Waals surface area contributed by atoms with E-state index in [-0.39, 0.29) is 11.9 Å². The van der Waals surface area contributed by atoms with E-state index in [4.69, 9.17) is 4.42 Å². The Hall–Kier alpha value is -2.61. The average molecular weight is 329 g/mol. The van der Waals surface area contributed by atoms with E-state index in [9.17, 15) is 4.79 Å². The first-order valence-electron chi connectivity index (χ1n) is 7.02. The van der Waals surface area contributed by atoms with Crippen LogP contribution in [0.4, 0.5) is 6.01 Å². The van der Waals surface area contributed by atoms with Crippen molar-refractivity contribution in [1.82, 2.24) is 20.0 Å². The number of aromatic nitrogens is 4. The van der Waals surface area contributed by atoms with Crippen molar-refractivity contribution in [1.29, 1.82) is 0 Å². The van der Waals surface area contributed by atoms with Crippen LogP contribution in [0.2, 0.25) is 0 Å². The largest absolute Gasteiger partial charge is 0.403 e. The Balaban J connectivity index is 1.75. The maximum absolute atomic E-state index is 12.1. The van der Waals surface area contributed by atoms with Gasteiger partial charge < -0.3 is 4.42 Å². The highest BCUT2D eigenvalue weighted by Gasteiger charge is 2.14. The van der Waals surface area contributed by atoms with Crippen LogP contribution in [0.5, 0.6) is 0 Å². The van der Waals surface area contributed by atoms with Crippen molar-refractivity contribution in [2.24, 2.45) is 0 Å². The van der Waals surface area contributed by atoms with Gasteiger partial charge in [0.25, 0.3) is 5.91 Å². The number of hydrogen-bond acceptors (Lipinski definition) is 6. The summed E-state index contributed by atoms with van der Waals surface area (Å²) < 4.78 is 7.17. The van der Waals surface area contributed by atoms with Crippen LogP contribution in [-0.4, -0.2) is 32.1 Å². The fourth-order valence-electron chi connectivity index (χ4n) is 1.97. The molecule has 1 aromatic carbocycles. The predicted octanol–water partition coefficient (Wildman–Crippen LogP) is 2.93. The molecular weight excluding hydrogens is 314 g/mol. The van der Waals surface area contributed by atoms with Gasteiger partial charge in [0, 0.05) is 23.2 Å². The summed E-state index contributed by atoms with van der Waals surface area (Å²) in [5.74, 6) is -0.0273. The molecule has 23 heavy (non-hydrogen) atoms. The van der Waals surface area contributed by atoms with Crippen molar-refractivity contribution in [2.45, 2.75) is 18.4 Å². The third kappa shape index (κ3) is 3.42. The van der Waals surface area contributed by atoms with Crippen molar-refractivity contribution in [3.63, 3.8) is 0 Å². The van der Waals surface area contributed by atoms with Crippen LogP contribution >= 0.6 is 11.8 Å². The first kappa shape index (κ1) is 15.3. The lowest BCUT2D eigenvalue weighted by atomic mass is 10.2. The number of thioether (sulfide) groups is 1. The highest BCUT2D eigenvalue weighted by atomic mass is 32.2. The van der Waals surface area contributed by atoms with Crippen LogP contribution in [0, 0.1) is 0 Å². The Morgan fingerprint density at radius 2 is 2.22 bits per heavy atom. The van der Waals surface area contributed by atoms with Gasteiger partial charge in [0.2, 0.25) is 5.89 Å². The monoisotopic (exact) mass is 329 g/mol. The minimum Gasteiger partial charge on any atom is -0.403 e. The van der Waals surface area contributed by atoms with E-state index in [1.807, 2.05) is 37.4 Å². The van der Waals surface area contributed by atoms with Crippen LogP contribution in [-0.2, 0) is 6.54 Å². The van der Waals surface area contributed by atoms with Gasteiger partial charge in [-0.2, -0.15) is 5.10 Å². The fourth-order valence-corrected chi connectivity index (χ4v) is 2.43. The molecule has 0 unspecified atom stereocenters. The molecule has 0 radical (unpaired) electrons. The van der Waals surface area contributed by atoms with Gasteiger partial charge in [0.15, 0.2) is 5.69 Å².